The highest BCUT2D eigenvalue weighted by atomic mass is 16.6. The van der Waals surface area contributed by atoms with E-state index in [9.17, 15) is 14.4 Å². The molecule has 0 aliphatic rings. The second-order valence-electron chi connectivity index (χ2n) is 16.0. The highest BCUT2D eigenvalue weighted by Crippen LogP contribution is 2.13. The van der Waals surface area contributed by atoms with E-state index in [1.54, 1.807) is 0 Å². The third-order valence-electron chi connectivity index (χ3n) is 10.2. The number of carbonyl (C=O) groups excluding carboxylic acids is 3. The number of carbonyl (C=O) groups is 3. The predicted molar refractivity (Wildman–Crippen MR) is 251 cm³/mol. The van der Waals surface area contributed by atoms with Gasteiger partial charge < -0.3 is 14.2 Å². The topological polar surface area (TPSA) is 78.9 Å². The monoisotopic (exact) mass is 823 g/mol. The summed E-state index contributed by atoms with van der Waals surface area (Å²) in [5.41, 5.74) is 0. The van der Waals surface area contributed by atoms with Crippen LogP contribution in [0.4, 0.5) is 0 Å². The smallest absolute Gasteiger partial charge is 0.306 e. The van der Waals surface area contributed by atoms with E-state index in [4.69, 9.17) is 14.2 Å². The number of allylic oxidation sites excluding steroid dienone is 12. The molecule has 1 unspecified atom stereocenters. The minimum absolute atomic E-state index is 0.0968. The summed E-state index contributed by atoms with van der Waals surface area (Å²) in [7, 11) is 0. The van der Waals surface area contributed by atoms with E-state index in [0.717, 1.165) is 109 Å². The van der Waals surface area contributed by atoms with E-state index in [2.05, 4.69) is 93.7 Å². The Morgan fingerprint density at radius 2 is 0.678 bits per heavy atom. The highest BCUT2D eigenvalue weighted by molar-refractivity contribution is 5.71. The number of esters is 3. The molecule has 338 valence electrons. The summed E-state index contributed by atoms with van der Waals surface area (Å²) in [5, 5.41) is 0. The quantitative estimate of drug-likeness (QED) is 0.0264. The first-order valence-electron chi connectivity index (χ1n) is 24.4. The van der Waals surface area contributed by atoms with Crippen molar-refractivity contribution in [3.8, 4) is 0 Å². The van der Waals surface area contributed by atoms with Gasteiger partial charge in [0.25, 0.3) is 0 Å². The van der Waals surface area contributed by atoms with Crippen LogP contribution in [-0.4, -0.2) is 37.2 Å². The van der Waals surface area contributed by atoms with Crippen LogP contribution in [0.2, 0.25) is 0 Å². The fourth-order valence-corrected chi connectivity index (χ4v) is 6.47. The van der Waals surface area contributed by atoms with Crippen molar-refractivity contribution in [3.63, 3.8) is 0 Å². The number of hydrogen-bond donors (Lipinski definition) is 0. The van der Waals surface area contributed by atoms with Gasteiger partial charge in [0.15, 0.2) is 6.10 Å². The van der Waals surface area contributed by atoms with Gasteiger partial charge in [-0.25, -0.2) is 0 Å². The molecule has 0 aliphatic carbocycles. The van der Waals surface area contributed by atoms with E-state index in [0.29, 0.717) is 19.3 Å². The zero-order chi connectivity index (χ0) is 43.0. The van der Waals surface area contributed by atoms with Crippen molar-refractivity contribution in [3.05, 3.63) is 72.9 Å². The van der Waals surface area contributed by atoms with Crippen molar-refractivity contribution in [2.75, 3.05) is 13.2 Å². The molecule has 0 aromatic rings. The molecule has 0 spiro atoms. The van der Waals surface area contributed by atoms with Crippen molar-refractivity contribution in [2.45, 2.75) is 232 Å². The van der Waals surface area contributed by atoms with Crippen molar-refractivity contribution in [1.29, 1.82) is 0 Å². The Bertz CT molecular complexity index is 1130. The Balaban J connectivity index is 4.47. The van der Waals surface area contributed by atoms with E-state index in [-0.39, 0.29) is 31.1 Å². The second-order valence-corrected chi connectivity index (χ2v) is 16.0. The third kappa shape index (κ3) is 45.8. The van der Waals surface area contributed by atoms with Crippen molar-refractivity contribution in [1.82, 2.24) is 0 Å². The lowest BCUT2D eigenvalue weighted by Crippen LogP contribution is -2.30. The molecule has 0 aliphatic heterocycles. The van der Waals surface area contributed by atoms with Gasteiger partial charge in [-0.3, -0.25) is 14.4 Å². The molecule has 59 heavy (non-hydrogen) atoms. The largest absolute Gasteiger partial charge is 0.462 e. The van der Waals surface area contributed by atoms with Gasteiger partial charge in [0.05, 0.1) is 0 Å². The molecule has 0 saturated heterocycles. The Morgan fingerprint density at radius 3 is 1.14 bits per heavy atom. The molecule has 0 heterocycles. The van der Waals surface area contributed by atoms with Gasteiger partial charge in [-0.05, 0) is 103 Å². The first kappa shape index (κ1) is 55.9. The Labute approximate surface area is 363 Å². The van der Waals surface area contributed by atoms with Gasteiger partial charge >= 0.3 is 17.9 Å². The molecule has 0 saturated carbocycles. The maximum atomic E-state index is 12.8. The van der Waals surface area contributed by atoms with Crippen LogP contribution in [0.15, 0.2) is 72.9 Å². The van der Waals surface area contributed by atoms with E-state index in [1.807, 2.05) is 0 Å². The summed E-state index contributed by atoms with van der Waals surface area (Å²) in [5.74, 6) is -0.960. The van der Waals surface area contributed by atoms with Crippen LogP contribution in [0.1, 0.15) is 226 Å². The van der Waals surface area contributed by atoms with Gasteiger partial charge in [-0.1, -0.05) is 177 Å². The van der Waals surface area contributed by atoms with Crippen LogP contribution in [0.25, 0.3) is 0 Å². The maximum absolute atomic E-state index is 12.8. The van der Waals surface area contributed by atoms with E-state index >= 15 is 0 Å². The number of hydrogen-bond acceptors (Lipinski definition) is 6. The lowest BCUT2D eigenvalue weighted by Gasteiger charge is -2.18. The molecular weight excluding hydrogens is 733 g/mol. The SMILES string of the molecule is CC/C=C\C/C=C\C/C=C\C/C=C\CCCCC(=O)OCC(COC(=O)CCCCCCC/C=C\CCCC)OC(=O)CCCCCCC/C=C\CCCCCCCC. The summed E-state index contributed by atoms with van der Waals surface area (Å²) in [6, 6.07) is 0. The third-order valence-corrected chi connectivity index (χ3v) is 10.2. The summed E-state index contributed by atoms with van der Waals surface area (Å²) >= 11 is 0. The standard InChI is InChI=1S/C53H90O6/c1-4-7-10-13-16-19-22-24-26-28-31-34-37-40-43-46-52(55)58-49-50(48-57-51(54)45-42-39-36-33-30-21-18-15-12-9-6-3)59-53(56)47-44-41-38-35-32-29-27-25-23-20-17-14-11-8-5-2/h7,10,15-16,18-19,24-27,31,34,50H,4-6,8-9,11-14,17,20-23,28-30,32-33,35-49H2,1-3H3/b10-7-,18-15-,19-16-,26-24-,27-25-,34-31-. The van der Waals surface area contributed by atoms with Crippen molar-refractivity contribution >= 4 is 17.9 Å². The zero-order valence-corrected chi connectivity index (χ0v) is 38.5. The number of rotatable bonds is 43. The number of ether oxygens (including phenoxy) is 3. The van der Waals surface area contributed by atoms with Crippen LogP contribution < -0.4 is 0 Å². The zero-order valence-electron chi connectivity index (χ0n) is 38.5. The lowest BCUT2D eigenvalue weighted by molar-refractivity contribution is -0.167. The fraction of sp³-hybridized carbons (Fsp3) is 0.717. The number of unbranched alkanes of at least 4 members (excludes halogenated alkanes) is 20. The molecule has 0 fully saturated rings. The molecule has 0 aromatic carbocycles. The van der Waals surface area contributed by atoms with Gasteiger partial charge in [-0.2, -0.15) is 0 Å². The average molecular weight is 823 g/mol. The second kappa shape index (κ2) is 47.5. The first-order valence-corrected chi connectivity index (χ1v) is 24.4. The lowest BCUT2D eigenvalue weighted by atomic mass is 10.1. The molecule has 6 heteroatoms. The molecule has 0 rings (SSSR count). The molecule has 6 nitrogen and oxygen atoms in total. The first-order chi connectivity index (χ1) is 29.0. The molecule has 1 atom stereocenters. The van der Waals surface area contributed by atoms with Crippen LogP contribution in [0.3, 0.4) is 0 Å². The molecule has 0 bridgehead atoms. The van der Waals surface area contributed by atoms with E-state index < -0.39 is 6.10 Å². The maximum Gasteiger partial charge on any atom is 0.306 e. The molecular formula is C53H90O6. The highest BCUT2D eigenvalue weighted by Gasteiger charge is 2.19. The summed E-state index contributed by atoms with van der Waals surface area (Å²) in [4.78, 5) is 37.8. The molecule has 0 N–H and O–H groups in total. The van der Waals surface area contributed by atoms with Gasteiger partial charge in [0, 0.05) is 19.3 Å². The normalized spacial score (nSPS) is 12.7. The van der Waals surface area contributed by atoms with Gasteiger partial charge in [0.2, 0.25) is 0 Å². The van der Waals surface area contributed by atoms with Crippen LogP contribution in [0, 0.1) is 0 Å². The molecule has 0 aromatic heterocycles. The summed E-state index contributed by atoms with van der Waals surface area (Å²) < 4.78 is 16.7. The Morgan fingerprint density at radius 1 is 0.356 bits per heavy atom. The van der Waals surface area contributed by atoms with Gasteiger partial charge in [-0.15, -0.1) is 0 Å². The van der Waals surface area contributed by atoms with Crippen LogP contribution in [0.5, 0.6) is 0 Å². The average Bonchev–Trinajstić information content (AvgIpc) is 3.23. The Hall–Kier alpha value is -3.15. The molecule has 0 radical (unpaired) electrons. The Kier molecular flexibility index (Phi) is 45.0. The van der Waals surface area contributed by atoms with Crippen molar-refractivity contribution < 1.29 is 28.6 Å². The summed E-state index contributed by atoms with van der Waals surface area (Å²) in [6.07, 6.45) is 58.8. The van der Waals surface area contributed by atoms with Gasteiger partial charge in [0.1, 0.15) is 13.2 Å². The summed E-state index contributed by atoms with van der Waals surface area (Å²) in [6.45, 7) is 6.42. The minimum Gasteiger partial charge on any atom is -0.462 e. The van der Waals surface area contributed by atoms with Crippen LogP contribution >= 0.6 is 0 Å². The predicted octanol–water partition coefficient (Wildman–Crippen LogP) is 15.9. The minimum atomic E-state index is -0.798. The van der Waals surface area contributed by atoms with Crippen molar-refractivity contribution in [2.24, 2.45) is 0 Å². The van der Waals surface area contributed by atoms with Crippen LogP contribution in [-0.2, 0) is 28.6 Å². The molecule has 0 amide bonds. The fourth-order valence-electron chi connectivity index (χ4n) is 6.47. The van der Waals surface area contributed by atoms with E-state index in [1.165, 1.54) is 77.0 Å².